The van der Waals surface area contributed by atoms with Crippen LogP contribution in [-0.2, 0) is 0 Å². The predicted octanol–water partition coefficient (Wildman–Crippen LogP) is 14.2. The number of benzene rings is 8. The molecule has 0 radical (unpaired) electrons. The van der Waals surface area contributed by atoms with E-state index in [0.717, 1.165) is 33.4 Å². The van der Waals surface area contributed by atoms with Gasteiger partial charge in [0, 0.05) is 36.9 Å². The van der Waals surface area contributed by atoms with Crippen LogP contribution in [0, 0.1) is 6.92 Å². The van der Waals surface area contributed by atoms with E-state index < -0.39 is 0 Å². The van der Waals surface area contributed by atoms with Crippen LogP contribution in [0.4, 0.5) is 0 Å². The Morgan fingerprint density at radius 3 is 1.30 bits per heavy atom. The zero-order chi connectivity index (χ0) is 37.4. The minimum absolute atomic E-state index is 0.636. The third kappa shape index (κ3) is 6.36. The van der Waals surface area contributed by atoms with Gasteiger partial charge in [-0.3, -0.25) is 0 Å². The highest BCUT2D eigenvalue weighted by molar-refractivity contribution is 7.26. The van der Waals surface area contributed by atoms with Crippen molar-refractivity contribution < 1.29 is 0 Å². The quantitative estimate of drug-likeness (QED) is 0.164. The summed E-state index contributed by atoms with van der Waals surface area (Å²) in [6.45, 7) is 2.12. The van der Waals surface area contributed by atoms with E-state index in [4.69, 9.17) is 15.0 Å². The Hall–Kier alpha value is -7.01. The lowest BCUT2D eigenvalue weighted by Gasteiger charge is -2.11. The lowest BCUT2D eigenvalue weighted by atomic mass is 9.99. The first-order valence-corrected chi connectivity index (χ1v) is 19.7. The number of fused-ring (bicyclic) bond motifs is 3. The molecule has 4 heteroatoms. The van der Waals surface area contributed by atoms with Gasteiger partial charge in [-0.05, 0) is 57.5 Å². The van der Waals surface area contributed by atoms with E-state index in [1.807, 2.05) is 17.4 Å². The normalized spacial score (nSPS) is 11.3. The van der Waals surface area contributed by atoms with Gasteiger partial charge in [0.2, 0.25) is 0 Å². The molecule has 2 heterocycles. The van der Waals surface area contributed by atoms with Gasteiger partial charge in [-0.15, -0.1) is 11.3 Å². The molecule has 8 aromatic carbocycles. The molecular formula is C52H35N3S. The molecule has 0 aliphatic heterocycles. The molecule has 10 aromatic rings. The topological polar surface area (TPSA) is 38.7 Å². The standard InChI is InChI=1S/C52H35N3S/c1-34-12-8-17-41(32-34)37-26-30-40(31-27-37)51-53-50(39-28-24-36(25-29-39)35-13-4-2-5-14-35)54-52(55-51)43-19-9-18-42(33-43)45-21-11-23-47-46-22-10-20-44(48(46)56-49(45)47)38-15-6-3-7-16-38/h2-33H,1H3. The molecule has 0 amide bonds. The molecule has 0 fully saturated rings. The summed E-state index contributed by atoms with van der Waals surface area (Å²) in [5, 5.41) is 2.55. The Bertz CT molecular complexity index is 3000. The Morgan fingerprint density at radius 2 is 0.714 bits per heavy atom. The smallest absolute Gasteiger partial charge is 0.164 e. The second-order valence-electron chi connectivity index (χ2n) is 14.1. The number of thiophene rings is 1. The van der Waals surface area contributed by atoms with E-state index >= 15 is 0 Å². The fraction of sp³-hybridized carbons (Fsp3) is 0.0192. The maximum absolute atomic E-state index is 5.14. The van der Waals surface area contributed by atoms with Crippen molar-refractivity contribution in [3.05, 3.63) is 200 Å². The molecule has 0 unspecified atom stereocenters. The van der Waals surface area contributed by atoms with Crippen LogP contribution >= 0.6 is 11.3 Å². The molecule has 56 heavy (non-hydrogen) atoms. The summed E-state index contributed by atoms with van der Waals surface area (Å²) in [5.41, 5.74) is 13.5. The number of aromatic nitrogens is 3. The number of nitrogens with zero attached hydrogens (tertiary/aromatic N) is 3. The lowest BCUT2D eigenvalue weighted by molar-refractivity contribution is 1.07. The average Bonchev–Trinajstić information content (AvgIpc) is 3.66. The maximum Gasteiger partial charge on any atom is 0.164 e. The lowest BCUT2D eigenvalue weighted by Crippen LogP contribution is -2.00. The molecule has 10 rings (SSSR count). The van der Waals surface area contributed by atoms with Crippen molar-refractivity contribution in [2.75, 3.05) is 0 Å². The van der Waals surface area contributed by atoms with Crippen molar-refractivity contribution in [3.8, 4) is 78.7 Å². The van der Waals surface area contributed by atoms with Gasteiger partial charge in [-0.1, -0.05) is 194 Å². The minimum atomic E-state index is 0.636. The molecule has 0 aliphatic carbocycles. The van der Waals surface area contributed by atoms with E-state index in [9.17, 15) is 0 Å². The number of hydrogen-bond acceptors (Lipinski definition) is 4. The summed E-state index contributed by atoms with van der Waals surface area (Å²) >= 11 is 1.86. The van der Waals surface area contributed by atoms with E-state index in [2.05, 4.69) is 195 Å². The summed E-state index contributed by atoms with van der Waals surface area (Å²) in [7, 11) is 0. The zero-order valence-electron chi connectivity index (χ0n) is 30.7. The van der Waals surface area contributed by atoms with Crippen LogP contribution in [0.3, 0.4) is 0 Å². The van der Waals surface area contributed by atoms with E-state index in [1.54, 1.807) is 0 Å². The van der Waals surface area contributed by atoms with Crippen molar-refractivity contribution in [2.24, 2.45) is 0 Å². The second-order valence-corrected chi connectivity index (χ2v) is 15.1. The molecule has 0 saturated heterocycles. The molecule has 0 saturated carbocycles. The summed E-state index contributed by atoms with van der Waals surface area (Å²) in [6.07, 6.45) is 0. The fourth-order valence-corrected chi connectivity index (χ4v) is 8.93. The first-order valence-electron chi connectivity index (χ1n) is 18.8. The van der Waals surface area contributed by atoms with Crippen LogP contribution in [-0.4, -0.2) is 15.0 Å². The van der Waals surface area contributed by atoms with Crippen LogP contribution in [0.5, 0.6) is 0 Å². The third-order valence-electron chi connectivity index (χ3n) is 10.4. The monoisotopic (exact) mass is 733 g/mol. The molecule has 264 valence electrons. The van der Waals surface area contributed by atoms with Crippen LogP contribution in [0.25, 0.3) is 98.8 Å². The molecule has 2 aromatic heterocycles. The minimum Gasteiger partial charge on any atom is -0.208 e. The van der Waals surface area contributed by atoms with Crippen molar-refractivity contribution in [1.82, 2.24) is 15.0 Å². The summed E-state index contributed by atoms with van der Waals surface area (Å²) in [5.74, 6) is 1.91. The van der Waals surface area contributed by atoms with Crippen molar-refractivity contribution in [2.45, 2.75) is 6.92 Å². The van der Waals surface area contributed by atoms with Crippen molar-refractivity contribution in [1.29, 1.82) is 0 Å². The number of hydrogen-bond donors (Lipinski definition) is 0. The van der Waals surface area contributed by atoms with Gasteiger partial charge in [0.15, 0.2) is 17.5 Å². The highest BCUT2D eigenvalue weighted by atomic mass is 32.1. The fourth-order valence-electron chi connectivity index (χ4n) is 7.56. The van der Waals surface area contributed by atoms with Crippen molar-refractivity contribution in [3.63, 3.8) is 0 Å². The molecule has 0 N–H and O–H groups in total. The molecule has 0 aliphatic rings. The first kappa shape index (κ1) is 33.6. The van der Waals surface area contributed by atoms with Gasteiger partial charge in [-0.2, -0.15) is 0 Å². The average molecular weight is 734 g/mol. The summed E-state index contributed by atoms with van der Waals surface area (Å²) in [6, 6.07) is 68.6. The zero-order valence-corrected chi connectivity index (χ0v) is 31.5. The number of aryl methyl sites for hydroxylation is 1. The Labute approximate surface area is 330 Å². The Kier molecular flexibility index (Phi) is 8.59. The van der Waals surface area contributed by atoms with Gasteiger partial charge in [0.05, 0.1) is 0 Å². The van der Waals surface area contributed by atoms with Gasteiger partial charge >= 0.3 is 0 Å². The van der Waals surface area contributed by atoms with E-state index in [0.29, 0.717) is 17.5 Å². The summed E-state index contributed by atoms with van der Waals surface area (Å²) < 4.78 is 2.57. The summed E-state index contributed by atoms with van der Waals surface area (Å²) in [4.78, 5) is 15.3. The molecular weight excluding hydrogens is 699 g/mol. The van der Waals surface area contributed by atoms with Gasteiger partial charge in [0.25, 0.3) is 0 Å². The van der Waals surface area contributed by atoms with Gasteiger partial charge < -0.3 is 0 Å². The third-order valence-corrected chi connectivity index (χ3v) is 11.7. The Morgan fingerprint density at radius 1 is 0.304 bits per heavy atom. The van der Waals surface area contributed by atoms with Crippen LogP contribution in [0.2, 0.25) is 0 Å². The van der Waals surface area contributed by atoms with E-state index in [1.165, 1.54) is 53.6 Å². The van der Waals surface area contributed by atoms with Gasteiger partial charge in [-0.25, -0.2) is 15.0 Å². The second kappa shape index (κ2) is 14.3. The molecule has 0 spiro atoms. The predicted molar refractivity (Wildman–Crippen MR) is 236 cm³/mol. The van der Waals surface area contributed by atoms with Crippen LogP contribution in [0.1, 0.15) is 5.56 Å². The number of rotatable bonds is 7. The largest absolute Gasteiger partial charge is 0.208 e. The Balaban J connectivity index is 1.08. The first-order chi connectivity index (χ1) is 27.6. The highest BCUT2D eigenvalue weighted by Gasteiger charge is 2.17. The highest BCUT2D eigenvalue weighted by Crippen LogP contribution is 2.44. The van der Waals surface area contributed by atoms with Gasteiger partial charge in [0.1, 0.15) is 0 Å². The van der Waals surface area contributed by atoms with E-state index in [-0.39, 0.29) is 0 Å². The van der Waals surface area contributed by atoms with Crippen LogP contribution in [0.15, 0.2) is 194 Å². The van der Waals surface area contributed by atoms with Crippen molar-refractivity contribution >= 4 is 31.5 Å². The van der Waals surface area contributed by atoms with Crippen LogP contribution < -0.4 is 0 Å². The maximum atomic E-state index is 5.14. The molecule has 0 bridgehead atoms. The SMILES string of the molecule is Cc1cccc(-c2ccc(-c3nc(-c4ccc(-c5ccccc5)cc4)nc(-c4cccc(-c5cccc6c5sc5c(-c7ccccc7)cccc56)c4)n3)cc2)c1. The molecule has 3 nitrogen and oxygen atoms in total. The molecule has 0 atom stereocenters.